The van der Waals surface area contributed by atoms with Crippen molar-refractivity contribution in [3.05, 3.63) is 29.8 Å². The predicted octanol–water partition coefficient (Wildman–Crippen LogP) is 2.81. The summed E-state index contributed by atoms with van der Waals surface area (Å²) in [4.78, 5) is 11.7. The number of methoxy groups -OCH3 is 1. The van der Waals surface area contributed by atoms with Crippen LogP contribution in [-0.2, 0) is 4.79 Å². The molecule has 1 aliphatic rings. The molecule has 112 valence electrons. The van der Waals surface area contributed by atoms with E-state index in [0.29, 0.717) is 5.17 Å². The van der Waals surface area contributed by atoms with Crippen molar-refractivity contribution in [3.63, 3.8) is 0 Å². The number of hydrogen-bond donors (Lipinski definition) is 1. The second-order valence-electron chi connectivity index (χ2n) is 4.63. The van der Waals surface area contributed by atoms with Crippen LogP contribution in [0.2, 0.25) is 0 Å². The lowest BCUT2D eigenvalue weighted by Gasteiger charge is -2.02. The van der Waals surface area contributed by atoms with E-state index in [9.17, 15) is 4.79 Å². The highest BCUT2D eigenvalue weighted by molar-refractivity contribution is 8.15. The molecule has 1 fully saturated rings. The summed E-state index contributed by atoms with van der Waals surface area (Å²) in [6.45, 7) is 2.12. The molecule has 1 heterocycles. The Kier molecular flexibility index (Phi) is 5.80. The third-order valence-corrected chi connectivity index (χ3v) is 4.22. The minimum atomic E-state index is -0.0369. The average molecular weight is 305 g/mol. The quantitative estimate of drug-likeness (QED) is 0.649. The third-order valence-electron chi connectivity index (χ3n) is 3.08. The fraction of sp³-hybridized carbons (Fsp3) is 0.400. The van der Waals surface area contributed by atoms with Gasteiger partial charge in [-0.2, -0.15) is 5.10 Å². The van der Waals surface area contributed by atoms with Gasteiger partial charge in [0.05, 0.1) is 18.6 Å². The number of ether oxygens (including phenoxy) is 1. The SMILES string of the molecule is CCCCC1S/C(=N\N=C\c2ccccc2OC)NC1=O. The Bertz CT molecular complexity index is 558. The van der Waals surface area contributed by atoms with Crippen LogP contribution < -0.4 is 10.1 Å². The number of amidine groups is 1. The van der Waals surface area contributed by atoms with Crippen LogP contribution in [-0.4, -0.2) is 29.6 Å². The van der Waals surface area contributed by atoms with E-state index in [2.05, 4.69) is 22.4 Å². The zero-order valence-corrected chi connectivity index (χ0v) is 13.0. The molecule has 0 spiro atoms. The second kappa shape index (κ2) is 7.83. The van der Waals surface area contributed by atoms with E-state index >= 15 is 0 Å². The molecule has 1 atom stereocenters. The van der Waals surface area contributed by atoms with Crippen molar-refractivity contribution in [1.29, 1.82) is 0 Å². The minimum absolute atomic E-state index is 0.0275. The van der Waals surface area contributed by atoms with Crippen LogP contribution in [0.1, 0.15) is 31.7 Å². The Morgan fingerprint density at radius 2 is 2.24 bits per heavy atom. The topological polar surface area (TPSA) is 63.1 Å². The van der Waals surface area contributed by atoms with Crippen molar-refractivity contribution in [2.24, 2.45) is 10.2 Å². The van der Waals surface area contributed by atoms with Gasteiger partial charge in [0.15, 0.2) is 5.17 Å². The van der Waals surface area contributed by atoms with Gasteiger partial charge >= 0.3 is 0 Å². The van der Waals surface area contributed by atoms with E-state index in [1.54, 1.807) is 13.3 Å². The molecule has 21 heavy (non-hydrogen) atoms. The monoisotopic (exact) mass is 305 g/mol. The molecule has 0 saturated carbocycles. The van der Waals surface area contributed by atoms with E-state index in [4.69, 9.17) is 4.74 Å². The lowest BCUT2D eigenvalue weighted by atomic mass is 10.2. The first-order chi connectivity index (χ1) is 10.2. The van der Waals surface area contributed by atoms with E-state index in [1.807, 2.05) is 24.3 Å². The summed E-state index contributed by atoms with van der Waals surface area (Å²) in [5.41, 5.74) is 0.848. The lowest BCUT2D eigenvalue weighted by molar-refractivity contribution is -0.118. The fourth-order valence-electron chi connectivity index (χ4n) is 1.95. The van der Waals surface area contributed by atoms with E-state index in [0.717, 1.165) is 30.6 Å². The summed E-state index contributed by atoms with van der Waals surface area (Å²) in [5.74, 6) is 0.769. The summed E-state index contributed by atoms with van der Waals surface area (Å²) in [7, 11) is 1.62. The molecule has 0 bridgehead atoms. The van der Waals surface area contributed by atoms with Crippen LogP contribution in [0.25, 0.3) is 0 Å². The van der Waals surface area contributed by atoms with Crippen molar-refractivity contribution >= 4 is 29.1 Å². The first kappa shape index (κ1) is 15.6. The fourth-order valence-corrected chi connectivity index (χ4v) is 2.92. The molecule has 0 aromatic heterocycles. The van der Waals surface area contributed by atoms with Crippen LogP contribution in [0.15, 0.2) is 34.5 Å². The van der Waals surface area contributed by atoms with Gasteiger partial charge in [-0.05, 0) is 18.6 Å². The van der Waals surface area contributed by atoms with Crippen LogP contribution in [0.4, 0.5) is 0 Å². The van der Waals surface area contributed by atoms with Gasteiger partial charge in [-0.15, -0.1) is 5.10 Å². The number of carbonyl (C=O) groups excluding carboxylic acids is 1. The molecule has 1 aliphatic heterocycles. The van der Waals surface area contributed by atoms with Gasteiger partial charge in [0, 0.05) is 5.56 Å². The number of amides is 1. The Labute approximate surface area is 128 Å². The summed E-state index contributed by atoms with van der Waals surface area (Å²) in [6.07, 6.45) is 4.63. The second-order valence-corrected chi connectivity index (χ2v) is 5.82. The molecule has 0 aliphatic carbocycles. The molecule has 1 amide bonds. The molecule has 2 rings (SSSR count). The molecule has 1 aromatic carbocycles. The van der Waals surface area contributed by atoms with Crippen molar-refractivity contribution < 1.29 is 9.53 Å². The van der Waals surface area contributed by atoms with Gasteiger partial charge in [0.1, 0.15) is 5.75 Å². The standard InChI is InChI=1S/C15H19N3O2S/c1-3-4-9-13-14(19)17-15(21-13)18-16-10-11-7-5-6-8-12(11)20-2/h5-8,10,13H,3-4,9H2,1-2H3,(H,17,18,19)/b16-10+. The number of benzene rings is 1. The molecule has 1 aromatic rings. The normalized spacial score (nSPS) is 20.2. The number of hydrogen-bond acceptors (Lipinski definition) is 5. The average Bonchev–Trinajstić information content (AvgIpc) is 2.85. The maximum atomic E-state index is 11.7. The summed E-state index contributed by atoms with van der Waals surface area (Å²) in [6, 6.07) is 7.56. The minimum Gasteiger partial charge on any atom is -0.496 e. The van der Waals surface area contributed by atoms with Crippen molar-refractivity contribution in [1.82, 2.24) is 5.32 Å². The van der Waals surface area contributed by atoms with Gasteiger partial charge in [-0.25, -0.2) is 0 Å². The Morgan fingerprint density at radius 1 is 1.43 bits per heavy atom. The van der Waals surface area contributed by atoms with Gasteiger partial charge in [-0.1, -0.05) is 43.7 Å². The Balaban J connectivity index is 1.98. The predicted molar refractivity (Wildman–Crippen MR) is 87.1 cm³/mol. The maximum Gasteiger partial charge on any atom is 0.239 e. The summed E-state index contributed by atoms with van der Waals surface area (Å²) in [5, 5.41) is 11.4. The summed E-state index contributed by atoms with van der Waals surface area (Å²) < 4.78 is 5.23. The van der Waals surface area contributed by atoms with E-state index in [-0.39, 0.29) is 11.2 Å². The molecule has 5 nitrogen and oxygen atoms in total. The van der Waals surface area contributed by atoms with Gasteiger partial charge in [0.25, 0.3) is 0 Å². The molecule has 0 radical (unpaired) electrons. The van der Waals surface area contributed by atoms with E-state index < -0.39 is 0 Å². The maximum absolute atomic E-state index is 11.7. The molecular weight excluding hydrogens is 286 g/mol. The molecule has 1 unspecified atom stereocenters. The highest BCUT2D eigenvalue weighted by atomic mass is 32.2. The number of unbranched alkanes of at least 4 members (excludes halogenated alkanes) is 1. The molecular formula is C15H19N3O2S. The highest BCUT2D eigenvalue weighted by Crippen LogP contribution is 2.24. The zero-order chi connectivity index (χ0) is 15.1. The van der Waals surface area contributed by atoms with Gasteiger partial charge in [-0.3, -0.25) is 4.79 Å². The highest BCUT2D eigenvalue weighted by Gasteiger charge is 2.29. The number of para-hydroxylation sites is 1. The van der Waals surface area contributed by atoms with Crippen LogP contribution >= 0.6 is 11.8 Å². The molecule has 1 N–H and O–H groups in total. The smallest absolute Gasteiger partial charge is 0.239 e. The van der Waals surface area contributed by atoms with Crippen molar-refractivity contribution in [2.45, 2.75) is 31.4 Å². The molecule has 1 saturated heterocycles. The number of nitrogens with zero attached hydrogens (tertiary/aromatic N) is 2. The lowest BCUT2D eigenvalue weighted by Crippen LogP contribution is -2.24. The van der Waals surface area contributed by atoms with Crippen molar-refractivity contribution in [3.8, 4) is 5.75 Å². The zero-order valence-electron chi connectivity index (χ0n) is 12.2. The third kappa shape index (κ3) is 4.32. The van der Waals surface area contributed by atoms with E-state index in [1.165, 1.54) is 11.8 Å². The number of nitrogens with one attached hydrogen (secondary N) is 1. The Hall–Kier alpha value is -1.82. The van der Waals surface area contributed by atoms with Crippen molar-refractivity contribution in [2.75, 3.05) is 7.11 Å². The number of rotatable bonds is 6. The first-order valence-corrected chi connectivity index (χ1v) is 7.84. The van der Waals surface area contributed by atoms with Gasteiger partial charge < -0.3 is 10.1 Å². The number of thioether (sulfide) groups is 1. The Morgan fingerprint density at radius 3 is 3.00 bits per heavy atom. The van der Waals surface area contributed by atoms with Gasteiger partial charge in [0.2, 0.25) is 5.91 Å². The summed E-state index contributed by atoms with van der Waals surface area (Å²) >= 11 is 1.45. The van der Waals surface area contributed by atoms with Crippen LogP contribution in [0, 0.1) is 0 Å². The first-order valence-electron chi connectivity index (χ1n) is 6.96. The number of carbonyl (C=O) groups is 1. The van der Waals surface area contributed by atoms with Crippen LogP contribution in [0.3, 0.4) is 0 Å². The largest absolute Gasteiger partial charge is 0.496 e. The van der Waals surface area contributed by atoms with Crippen LogP contribution in [0.5, 0.6) is 5.75 Å². The molecule has 6 heteroatoms.